The molecule has 0 saturated heterocycles. The van der Waals surface area contributed by atoms with E-state index in [1.54, 1.807) is 18.5 Å². The number of amides is 1. The first-order chi connectivity index (χ1) is 8.16. The van der Waals surface area contributed by atoms with E-state index in [2.05, 4.69) is 10.3 Å². The van der Waals surface area contributed by atoms with Crippen molar-refractivity contribution in [2.75, 3.05) is 0 Å². The Kier molecular flexibility index (Phi) is 3.49. The van der Waals surface area contributed by atoms with Crippen molar-refractivity contribution >= 4 is 17.2 Å². The predicted molar refractivity (Wildman–Crippen MR) is 64.4 cm³/mol. The van der Waals surface area contributed by atoms with Crippen molar-refractivity contribution in [3.05, 3.63) is 51.7 Å². The number of hydrogen-bond acceptors (Lipinski definition) is 3. The molecule has 0 saturated carbocycles. The Balaban J connectivity index is 2.04. The van der Waals surface area contributed by atoms with Crippen LogP contribution in [0.2, 0.25) is 0 Å². The highest BCUT2D eigenvalue weighted by Crippen LogP contribution is 2.10. The van der Waals surface area contributed by atoms with Gasteiger partial charge in [0.1, 0.15) is 5.82 Å². The van der Waals surface area contributed by atoms with Crippen LogP contribution in [-0.4, -0.2) is 10.9 Å². The zero-order valence-electron chi connectivity index (χ0n) is 9.24. The number of nitrogens with one attached hydrogen (secondary N) is 1. The fourth-order valence-electron chi connectivity index (χ4n) is 1.40. The minimum Gasteiger partial charge on any atom is -0.346 e. The van der Waals surface area contributed by atoms with E-state index >= 15 is 0 Å². The molecule has 5 heteroatoms. The van der Waals surface area contributed by atoms with Gasteiger partial charge in [-0.15, -0.1) is 11.3 Å². The Morgan fingerprint density at radius 3 is 3.00 bits per heavy atom. The van der Waals surface area contributed by atoms with E-state index in [0.29, 0.717) is 6.54 Å². The number of halogens is 1. The Morgan fingerprint density at radius 2 is 2.35 bits per heavy atom. The number of hydrogen-bond donors (Lipinski definition) is 1. The predicted octanol–water partition coefficient (Wildman–Crippen LogP) is 2.52. The molecule has 2 rings (SSSR count). The van der Waals surface area contributed by atoms with E-state index in [4.69, 9.17) is 0 Å². The van der Waals surface area contributed by atoms with Gasteiger partial charge in [-0.25, -0.2) is 9.37 Å². The molecular weight excluding hydrogens is 239 g/mol. The lowest BCUT2D eigenvalue weighted by Gasteiger charge is -2.05. The Hall–Kier alpha value is -1.75. The first-order valence-corrected chi connectivity index (χ1v) is 6.02. The summed E-state index contributed by atoms with van der Waals surface area (Å²) in [5, 5.41) is 4.47. The first kappa shape index (κ1) is 11.7. The molecule has 88 valence electrons. The average Bonchev–Trinajstić information content (AvgIpc) is 2.78. The summed E-state index contributed by atoms with van der Waals surface area (Å²) in [5.74, 6) is -0.920. The molecule has 0 bridgehead atoms. The SMILES string of the molecule is Cc1ccc(C(=O)NCc2cscn2)c(F)c1. The van der Waals surface area contributed by atoms with Gasteiger partial charge in [-0.2, -0.15) is 0 Å². The van der Waals surface area contributed by atoms with Crippen LogP contribution in [-0.2, 0) is 6.54 Å². The maximum atomic E-state index is 13.5. The van der Waals surface area contributed by atoms with E-state index in [1.165, 1.54) is 23.5 Å². The third-order valence-corrected chi connectivity index (χ3v) is 2.92. The lowest BCUT2D eigenvalue weighted by atomic mass is 10.1. The topological polar surface area (TPSA) is 42.0 Å². The molecule has 0 aliphatic heterocycles. The summed E-state index contributed by atoms with van der Waals surface area (Å²) in [4.78, 5) is 15.7. The van der Waals surface area contributed by atoms with Gasteiger partial charge in [0.05, 0.1) is 23.3 Å². The van der Waals surface area contributed by atoms with Crippen LogP contribution in [0.1, 0.15) is 21.6 Å². The third-order valence-electron chi connectivity index (χ3n) is 2.28. The van der Waals surface area contributed by atoms with E-state index in [0.717, 1.165) is 11.3 Å². The average molecular weight is 250 g/mol. The van der Waals surface area contributed by atoms with Crippen molar-refractivity contribution in [1.82, 2.24) is 10.3 Å². The molecule has 17 heavy (non-hydrogen) atoms. The van der Waals surface area contributed by atoms with Crippen LogP contribution in [0, 0.1) is 12.7 Å². The van der Waals surface area contributed by atoms with E-state index < -0.39 is 11.7 Å². The van der Waals surface area contributed by atoms with Gasteiger partial charge in [-0.3, -0.25) is 4.79 Å². The van der Waals surface area contributed by atoms with Crippen LogP contribution in [0.3, 0.4) is 0 Å². The van der Waals surface area contributed by atoms with Crippen LogP contribution in [0.4, 0.5) is 4.39 Å². The lowest BCUT2D eigenvalue weighted by Crippen LogP contribution is -2.24. The van der Waals surface area contributed by atoms with E-state index in [1.807, 2.05) is 5.38 Å². The summed E-state index contributed by atoms with van der Waals surface area (Å²) < 4.78 is 13.5. The molecule has 3 nitrogen and oxygen atoms in total. The van der Waals surface area contributed by atoms with Crippen molar-refractivity contribution < 1.29 is 9.18 Å². The highest BCUT2D eigenvalue weighted by Gasteiger charge is 2.11. The molecule has 1 heterocycles. The molecule has 2 aromatic rings. The molecule has 0 atom stereocenters. The number of benzene rings is 1. The summed E-state index contributed by atoms with van der Waals surface area (Å²) in [5.41, 5.74) is 3.31. The second-order valence-corrected chi connectivity index (χ2v) is 4.36. The van der Waals surface area contributed by atoms with Gasteiger partial charge >= 0.3 is 0 Å². The van der Waals surface area contributed by atoms with Gasteiger partial charge in [0.25, 0.3) is 5.91 Å². The molecule has 0 radical (unpaired) electrons. The summed E-state index contributed by atoms with van der Waals surface area (Å²) in [7, 11) is 0. The molecule has 0 aliphatic carbocycles. The van der Waals surface area contributed by atoms with Gasteiger partial charge < -0.3 is 5.32 Å². The minimum absolute atomic E-state index is 0.0610. The molecule has 1 amide bonds. The summed E-state index contributed by atoms with van der Waals surface area (Å²) in [6.07, 6.45) is 0. The number of nitrogens with zero attached hydrogens (tertiary/aromatic N) is 1. The molecule has 0 unspecified atom stereocenters. The number of aromatic nitrogens is 1. The summed E-state index contributed by atoms with van der Waals surface area (Å²) in [6, 6.07) is 4.54. The smallest absolute Gasteiger partial charge is 0.254 e. The molecule has 1 aromatic carbocycles. The van der Waals surface area contributed by atoms with Crippen molar-refractivity contribution in [3.63, 3.8) is 0 Å². The van der Waals surface area contributed by atoms with Crippen LogP contribution >= 0.6 is 11.3 Å². The quantitative estimate of drug-likeness (QED) is 0.909. The van der Waals surface area contributed by atoms with Gasteiger partial charge in [0.15, 0.2) is 0 Å². The zero-order valence-corrected chi connectivity index (χ0v) is 10.1. The molecule has 0 aliphatic rings. The normalized spacial score (nSPS) is 10.2. The minimum atomic E-state index is -0.499. The standard InChI is InChI=1S/C12H11FN2OS/c1-8-2-3-10(11(13)4-8)12(16)14-5-9-6-17-7-15-9/h2-4,6-7H,5H2,1H3,(H,14,16). The van der Waals surface area contributed by atoms with Crippen LogP contribution in [0.25, 0.3) is 0 Å². The van der Waals surface area contributed by atoms with Gasteiger partial charge in [0.2, 0.25) is 0 Å². The monoisotopic (exact) mass is 250 g/mol. The largest absolute Gasteiger partial charge is 0.346 e. The maximum Gasteiger partial charge on any atom is 0.254 e. The second-order valence-electron chi connectivity index (χ2n) is 3.65. The third kappa shape index (κ3) is 2.88. The number of carbonyl (C=O) groups excluding carboxylic acids is 1. The van der Waals surface area contributed by atoms with Crippen LogP contribution in [0.15, 0.2) is 29.1 Å². The lowest BCUT2D eigenvalue weighted by molar-refractivity contribution is 0.0946. The number of rotatable bonds is 3. The van der Waals surface area contributed by atoms with Crippen molar-refractivity contribution in [2.24, 2.45) is 0 Å². The van der Waals surface area contributed by atoms with Crippen molar-refractivity contribution in [2.45, 2.75) is 13.5 Å². The van der Waals surface area contributed by atoms with Gasteiger partial charge in [-0.05, 0) is 24.6 Å². The number of carbonyl (C=O) groups is 1. The maximum absolute atomic E-state index is 13.5. The Labute approximate surface area is 102 Å². The first-order valence-electron chi connectivity index (χ1n) is 5.08. The van der Waals surface area contributed by atoms with E-state index in [9.17, 15) is 9.18 Å². The molecule has 1 N–H and O–H groups in total. The summed E-state index contributed by atoms with van der Waals surface area (Å²) in [6.45, 7) is 2.09. The molecule has 0 fully saturated rings. The highest BCUT2D eigenvalue weighted by molar-refractivity contribution is 7.07. The van der Waals surface area contributed by atoms with Crippen molar-refractivity contribution in [3.8, 4) is 0 Å². The van der Waals surface area contributed by atoms with Gasteiger partial charge in [0, 0.05) is 5.38 Å². The Morgan fingerprint density at radius 1 is 1.53 bits per heavy atom. The summed E-state index contributed by atoms with van der Waals surface area (Å²) >= 11 is 1.46. The number of aryl methyl sites for hydroxylation is 1. The molecule has 1 aromatic heterocycles. The van der Waals surface area contributed by atoms with Gasteiger partial charge in [-0.1, -0.05) is 6.07 Å². The van der Waals surface area contributed by atoms with E-state index in [-0.39, 0.29) is 5.56 Å². The molecular formula is C12H11FN2OS. The fourth-order valence-corrected chi connectivity index (χ4v) is 1.95. The van der Waals surface area contributed by atoms with Crippen LogP contribution < -0.4 is 5.32 Å². The Bertz CT molecular complexity index is 525. The zero-order chi connectivity index (χ0) is 12.3. The molecule has 0 spiro atoms. The van der Waals surface area contributed by atoms with Crippen molar-refractivity contribution in [1.29, 1.82) is 0 Å². The van der Waals surface area contributed by atoms with Crippen LogP contribution in [0.5, 0.6) is 0 Å². The fraction of sp³-hybridized carbons (Fsp3) is 0.167. The second kappa shape index (κ2) is 5.05. The highest BCUT2D eigenvalue weighted by atomic mass is 32.1. The number of thiazole rings is 1.